The van der Waals surface area contributed by atoms with Crippen LogP contribution in [0.4, 0.5) is 16.4 Å². The zero-order valence-electron chi connectivity index (χ0n) is 31.4. The zero-order chi connectivity index (χ0) is 43.3. The number of amides is 1. The van der Waals surface area contributed by atoms with Gasteiger partial charge < -0.3 is 55.5 Å². The van der Waals surface area contributed by atoms with Crippen molar-refractivity contribution in [3.63, 3.8) is 0 Å². The first-order valence-corrected chi connectivity index (χ1v) is 20.5. The average molecular weight is 877 g/mol. The van der Waals surface area contributed by atoms with E-state index in [0.29, 0.717) is 0 Å². The third-order valence-electron chi connectivity index (χ3n) is 8.43. The molecule has 5 heterocycles. The van der Waals surface area contributed by atoms with E-state index < -0.39 is 101 Å². The largest absolute Gasteiger partial charge is 0.472 e. The second-order valence-electron chi connectivity index (χ2n) is 13.9. The topological polar surface area (TPSA) is 405 Å². The van der Waals surface area contributed by atoms with Gasteiger partial charge in [-0.05, 0) is 45.2 Å². The van der Waals surface area contributed by atoms with Crippen molar-refractivity contribution in [1.82, 2.24) is 34.4 Å². The number of phosphoric acid groups is 2. The number of ether oxygens (including phenoxy) is 4. The van der Waals surface area contributed by atoms with Crippen LogP contribution in [-0.4, -0.2) is 123 Å². The monoisotopic (exact) mass is 876 g/mol. The summed E-state index contributed by atoms with van der Waals surface area (Å²) in [4.78, 5) is 86.7. The number of carbonyl (C=O) groups excluding carboxylic acids is 2. The predicted molar refractivity (Wildman–Crippen MR) is 196 cm³/mol. The maximum Gasteiger partial charge on any atom is 0.472 e. The molecule has 2 saturated heterocycles. The molecule has 2 aliphatic rings. The van der Waals surface area contributed by atoms with Gasteiger partial charge in [-0.25, -0.2) is 38.5 Å². The lowest BCUT2D eigenvalue weighted by Gasteiger charge is -2.26. The Labute approximate surface area is 332 Å². The molecule has 2 fully saturated rings. The Morgan fingerprint density at radius 2 is 1.85 bits per heavy atom. The predicted octanol–water partition coefficient (Wildman–Crippen LogP) is 0.301. The van der Waals surface area contributed by atoms with Crippen LogP contribution >= 0.6 is 15.6 Å². The van der Waals surface area contributed by atoms with Crippen molar-refractivity contribution in [3.8, 4) is 0 Å². The Bertz CT molecular complexity index is 2190. The van der Waals surface area contributed by atoms with Gasteiger partial charge in [0.05, 0.1) is 19.5 Å². The van der Waals surface area contributed by atoms with E-state index in [9.17, 15) is 43.3 Å². The highest BCUT2D eigenvalue weighted by Gasteiger charge is 2.50. The number of nitrogens with zero attached hydrogens (tertiary/aromatic N) is 9. The molecule has 5 rings (SSSR count). The molecule has 2 unspecified atom stereocenters. The number of rotatable bonds is 17. The lowest BCUT2D eigenvalue weighted by molar-refractivity contribution is -0.159. The van der Waals surface area contributed by atoms with Crippen molar-refractivity contribution in [1.29, 1.82) is 0 Å². The Hall–Kier alpha value is -4.82. The molecule has 0 aliphatic carbocycles. The first-order valence-electron chi connectivity index (χ1n) is 17.5. The summed E-state index contributed by atoms with van der Waals surface area (Å²) < 4.78 is 64.9. The molecule has 30 heteroatoms. The van der Waals surface area contributed by atoms with Crippen molar-refractivity contribution in [3.05, 3.63) is 45.8 Å². The second kappa shape index (κ2) is 18.6. The van der Waals surface area contributed by atoms with Gasteiger partial charge in [-0.15, -0.1) is 0 Å². The molecule has 324 valence electrons. The minimum atomic E-state index is -5.24. The molecule has 2 aliphatic heterocycles. The van der Waals surface area contributed by atoms with E-state index in [4.69, 9.17) is 45.0 Å². The van der Waals surface area contributed by atoms with Gasteiger partial charge in [0.2, 0.25) is 0 Å². The van der Waals surface area contributed by atoms with E-state index in [2.05, 4.69) is 39.8 Å². The third-order valence-corrected chi connectivity index (χ3v) is 9.93. The lowest BCUT2D eigenvalue weighted by atomic mass is 10.1. The fourth-order valence-corrected chi connectivity index (χ4v) is 7.23. The Morgan fingerprint density at radius 3 is 2.53 bits per heavy atom. The summed E-state index contributed by atoms with van der Waals surface area (Å²) in [6.45, 7) is 2.93. The van der Waals surface area contributed by atoms with Crippen molar-refractivity contribution < 1.29 is 71.0 Å². The number of imidazole rings is 1. The van der Waals surface area contributed by atoms with E-state index in [1.54, 1.807) is 20.8 Å². The average Bonchev–Trinajstić information content (AvgIpc) is 3.82. The molecule has 3 aromatic rings. The van der Waals surface area contributed by atoms with Crippen LogP contribution in [0.3, 0.4) is 0 Å². The molecule has 0 bridgehead atoms. The van der Waals surface area contributed by atoms with Crippen LogP contribution in [-0.2, 0) is 46.4 Å². The summed E-state index contributed by atoms with van der Waals surface area (Å²) in [5.41, 5.74) is 18.5. The molecule has 59 heavy (non-hydrogen) atoms. The van der Waals surface area contributed by atoms with Crippen LogP contribution < -0.4 is 22.5 Å². The minimum Gasteiger partial charge on any atom is -0.455 e. The Morgan fingerprint density at radius 1 is 1.12 bits per heavy atom. The zero-order valence-corrected chi connectivity index (χ0v) is 33.2. The molecule has 9 atom stereocenters. The van der Waals surface area contributed by atoms with E-state index >= 15 is 0 Å². The van der Waals surface area contributed by atoms with Gasteiger partial charge >= 0.3 is 33.4 Å². The van der Waals surface area contributed by atoms with Crippen LogP contribution in [0.2, 0.25) is 0 Å². The number of aliphatic hydroxyl groups is 1. The number of aliphatic hydroxyl groups excluding tert-OH is 1. The fourth-order valence-electron chi connectivity index (χ4n) is 5.93. The maximum atomic E-state index is 13.7. The first kappa shape index (κ1) is 45.3. The number of aromatic nitrogens is 6. The third kappa shape index (κ3) is 12.1. The standard InChI is InChI=1S/C29H42N12O16P2/c1-29(2,3)56-28(45)37-14(5-4-7-36-39-32)26(43)55-22-17(54-25(21(22)42)41-13-35-20-23(31)33-12-34-24(20)41)11-52-59(49,50)57-15-9-19(40-8-6-18(30)38-27(40)44)53-16(15)10-51-58(46,47)48/h6,8,12-17,19,21-22,25,42H,4-5,7,9-11H2,1-3H3,(H,37,45)(H,49,50)(H2,30,38,44)(H2,31,33,34)(H2,46,47,48)/t14?,15-,16+,17-,19+,21+,22+,25+/m0/s1. The summed E-state index contributed by atoms with van der Waals surface area (Å²) in [7, 11) is -10.3. The van der Waals surface area contributed by atoms with E-state index in [0.717, 1.165) is 10.9 Å². The highest BCUT2D eigenvalue weighted by Crippen LogP contribution is 2.50. The molecule has 3 aromatic heterocycles. The molecule has 9 N–H and O–H groups in total. The number of phosphoric ester groups is 2. The number of hydrogen-bond donors (Lipinski definition) is 7. The number of esters is 1. The first-order chi connectivity index (χ1) is 27.6. The fraction of sp³-hybridized carbons (Fsp3) is 0.621. The van der Waals surface area contributed by atoms with Crippen LogP contribution in [0.5, 0.6) is 0 Å². The molecule has 0 spiro atoms. The number of nitrogens with one attached hydrogen (secondary N) is 1. The number of carbonyl (C=O) groups is 2. The van der Waals surface area contributed by atoms with Gasteiger partial charge in [0.1, 0.15) is 59.9 Å². The molecular formula is C29H42N12O16P2. The van der Waals surface area contributed by atoms with Crippen molar-refractivity contribution in [2.24, 2.45) is 5.11 Å². The number of anilines is 2. The van der Waals surface area contributed by atoms with E-state index in [-0.39, 0.29) is 48.6 Å². The molecule has 1 amide bonds. The quantitative estimate of drug-likeness (QED) is 0.0239. The second-order valence-corrected chi connectivity index (χ2v) is 16.6. The van der Waals surface area contributed by atoms with Crippen LogP contribution in [0.15, 0.2) is 34.8 Å². The number of azide groups is 1. The molecule has 0 radical (unpaired) electrons. The highest BCUT2D eigenvalue weighted by atomic mass is 31.2. The van der Waals surface area contributed by atoms with E-state index in [1.807, 2.05) is 0 Å². The van der Waals surface area contributed by atoms with Gasteiger partial charge in [0.25, 0.3) is 0 Å². The summed E-state index contributed by atoms with van der Waals surface area (Å²) in [6, 6.07) is -0.160. The summed E-state index contributed by atoms with van der Waals surface area (Å²) in [6.07, 6.45) is -8.52. The normalized spacial score (nSPS) is 24.9. The smallest absolute Gasteiger partial charge is 0.455 e. The number of nitrogens with two attached hydrogens (primary N) is 2. The van der Waals surface area contributed by atoms with Crippen LogP contribution in [0.1, 0.15) is 52.5 Å². The summed E-state index contributed by atoms with van der Waals surface area (Å²) >= 11 is 0. The van der Waals surface area contributed by atoms with Gasteiger partial charge in [-0.2, -0.15) is 4.98 Å². The number of fused-ring (bicyclic) bond motifs is 1. The van der Waals surface area contributed by atoms with Crippen molar-refractivity contribution >= 4 is 50.5 Å². The van der Waals surface area contributed by atoms with Crippen LogP contribution in [0, 0.1) is 0 Å². The Balaban J connectivity index is 1.38. The maximum absolute atomic E-state index is 13.7. The molecule has 28 nitrogen and oxygen atoms in total. The van der Waals surface area contributed by atoms with Gasteiger partial charge in [0.15, 0.2) is 23.8 Å². The highest BCUT2D eigenvalue weighted by molar-refractivity contribution is 7.47. The van der Waals surface area contributed by atoms with Crippen molar-refractivity contribution in [2.45, 2.75) is 94.7 Å². The summed E-state index contributed by atoms with van der Waals surface area (Å²) in [5, 5.41) is 17.4. The molecule has 0 aromatic carbocycles. The number of alkyl carbamates (subject to hydrolysis) is 1. The molecule has 0 saturated carbocycles. The van der Waals surface area contributed by atoms with Crippen molar-refractivity contribution in [2.75, 3.05) is 31.2 Å². The van der Waals surface area contributed by atoms with Gasteiger partial charge in [-0.3, -0.25) is 22.7 Å². The minimum absolute atomic E-state index is 0.0144. The summed E-state index contributed by atoms with van der Waals surface area (Å²) in [5.74, 6) is -1.25. The Kier molecular flexibility index (Phi) is 14.3. The molecular weight excluding hydrogens is 834 g/mol. The van der Waals surface area contributed by atoms with Crippen LogP contribution in [0.25, 0.3) is 21.6 Å². The number of nitrogen functional groups attached to an aromatic ring is 2. The van der Waals surface area contributed by atoms with Gasteiger partial charge in [0, 0.05) is 24.1 Å². The van der Waals surface area contributed by atoms with Gasteiger partial charge in [-0.1, -0.05) is 5.11 Å². The lowest BCUT2D eigenvalue weighted by Crippen LogP contribution is -2.47. The SMILES string of the molecule is CC(C)(C)OC(=O)NC(CCCN=[N+]=[N-])C(=O)O[C@H]1[C@@H](O)[C@H](n2cnc3c(N)ncnc32)O[C@H]1COP(=O)(O)O[C@H]1C[C@H](n2ccc(N)nc2=O)O[C@@H]1COP(=O)(O)O. The number of hydrogen-bond acceptors (Lipinski definition) is 20. The van der Waals surface area contributed by atoms with E-state index in [1.165, 1.54) is 23.2 Å².